The van der Waals surface area contributed by atoms with Gasteiger partial charge >= 0.3 is 5.97 Å². The zero-order valence-corrected chi connectivity index (χ0v) is 19.4. The first-order valence-corrected chi connectivity index (χ1v) is 12.7. The molecule has 0 amide bonds. The van der Waals surface area contributed by atoms with Gasteiger partial charge in [0.25, 0.3) is 0 Å². The van der Waals surface area contributed by atoms with Gasteiger partial charge in [0.2, 0.25) is 0 Å². The van der Waals surface area contributed by atoms with E-state index in [1.54, 1.807) is 6.92 Å². The summed E-state index contributed by atoms with van der Waals surface area (Å²) in [6.45, 7) is 5.89. The highest BCUT2D eigenvalue weighted by molar-refractivity contribution is 5.69. The number of ether oxygens (including phenoxy) is 1. The minimum Gasteiger partial charge on any atom is -0.481 e. The van der Waals surface area contributed by atoms with Crippen LogP contribution in [0.3, 0.4) is 0 Å². The molecule has 2 aliphatic carbocycles. The SMILES string of the molecule is CC(CN1CCC2NC(C3CCC(OCC4CCC(F)C(F)C4)CC3)NCC2C1)C(=O)O. The first-order chi connectivity index (χ1) is 15.4. The number of carboxylic acid groups (broad SMARTS) is 1. The van der Waals surface area contributed by atoms with Crippen molar-refractivity contribution >= 4 is 5.97 Å². The summed E-state index contributed by atoms with van der Waals surface area (Å²) < 4.78 is 33.0. The topological polar surface area (TPSA) is 73.8 Å². The fourth-order valence-corrected chi connectivity index (χ4v) is 6.21. The van der Waals surface area contributed by atoms with Crippen molar-refractivity contribution in [3.63, 3.8) is 0 Å². The lowest BCUT2D eigenvalue weighted by molar-refractivity contribution is -0.142. The predicted molar refractivity (Wildman–Crippen MR) is 119 cm³/mol. The molecule has 0 spiro atoms. The number of hydrogen-bond acceptors (Lipinski definition) is 5. The van der Waals surface area contributed by atoms with Crippen LogP contribution < -0.4 is 10.6 Å². The van der Waals surface area contributed by atoms with Crippen LogP contribution in [0.5, 0.6) is 0 Å². The van der Waals surface area contributed by atoms with Gasteiger partial charge in [0, 0.05) is 32.3 Å². The van der Waals surface area contributed by atoms with Gasteiger partial charge in [-0.15, -0.1) is 0 Å². The van der Waals surface area contributed by atoms with E-state index in [9.17, 15) is 18.7 Å². The molecule has 0 aromatic carbocycles. The van der Waals surface area contributed by atoms with Gasteiger partial charge in [-0.1, -0.05) is 6.92 Å². The monoisotopic (exact) mass is 457 g/mol. The van der Waals surface area contributed by atoms with Crippen molar-refractivity contribution in [3.8, 4) is 0 Å². The number of piperidine rings is 1. The maximum Gasteiger partial charge on any atom is 0.307 e. The molecule has 2 saturated heterocycles. The fraction of sp³-hybridized carbons (Fsp3) is 0.958. The van der Waals surface area contributed by atoms with Crippen LogP contribution in [-0.2, 0) is 9.53 Å². The average Bonchev–Trinajstić information content (AvgIpc) is 2.80. The number of aliphatic carboxylic acids is 1. The first kappa shape index (κ1) is 24.3. The summed E-state index contributed by atoms with van der Waals surface area (Å²) in [4.78, 5) is 13.5. The molecule has 7 atom stereocenters. The smallest absolute Gasteiger partial charge is 0.307 e. The van der Waals surface area contributed by atoms with Crippen molar-refractivity contribution < 1.29 is 23.4 Å². The molecule has 4 fully saturated rings. The summed E-state index contributed by atoms with van der Waals surface area (Å²) in [7, 11) is 0. The van der Waals surface area contributed by atoms with E-state index in [1.165, 1.54) is 0 Å². The maximum absolute atomic E-state index is 13.6. The molecule has 6 nitrogen and oxygen atoms in total. The molecule has 184 valence electrons. The molecule has 0 aromatic heterocycles. The molecule has 0 aromatic rings. The van der Waals surface area contributed by atoms with Crippen LogP contribution in [0.2, 0.25) is 0 Å². The summed E-state index contributed by atoms with van der Waals surface area (Å²) in [6.07, 6.45) is 4.78. The Hall–Kier alpha value is -0.830. The molecule has 4 rings (SSSR count). The molecule has 2 saturated carbocycles. The van der Waals surface area contributed by atoms with E-state index in [-0.39, 0.29) is 17.9 Å². The molecular weight excluding hydrogens is 416 g/mol. The van der Waals surface area contributed by atoms with E-state index in [4.69, 9.17) is 4.74 Å². The van der Waals surface area contributed by atoms with Crippen molar-refractivity contribution in [3.05, 3.63) is 0 Å². The molecule has 8 heteroatoms. The number of nitrogens with zero attached hydrogens (tertiary/aromatic N) is 1. The molecule has 32 heavy (non-hydrogen) atoms. The van der Waals surface area contributed by atoms with Gasteiger partial charge in [0.15, 0.2) is 0 Å². The molecule has 4 aliphatic rings. The number of likely N-dealkylation sites (tertiary alicyclic amines) is 1. The first-order valence-electron chi connectivity index (χ1n) is 12.7. The lowest BCUT2D eigenvalue weighted by Crippen LogP contribution is -2.65. The second-order valence-corrected chi connectivity index (χ2v) is 10.8. The quantitative estimate of drug-likeness (QED) is 0.546. The Labute approximate surface area is 190 Å². The van der Waals surface area contributed by atoms with Gasteiger partial charge in [-0.2, -0.15) is 0 Å². The third-order valence-electron chi connectivity index (χ3n) is 8.32. The molecule has 2 aliphatic heterocycles. The van der Waals surface area contributed by atoms with Gasteiger partial charge in [0.05, 0.1) is 18.2 Å². The van der Waals surface area contributed by atoms with Gasteiger partial charge < -0.3 is 20.1 Å². The molecule has 0 radical (unpaired) electrons. The van der Waals surface area contributed by atoms with Crippen LogP contribution >= 0.6 is 0 Å². The minimum absolute atomic E-state index is 0.165. The van der Waals surface area contributed by atoms with E-state index >= 15 is 0 Å². The average molecular weight is 458 g/mol. The number of rotatable bonds is 7. The lowest BCUT2D eigenvalue weighted by Gasteiger charge is -2.47. The zero-order chi connectivity index (χ0) is 22.7. The minimum atomic E-state index is -1.31. The standard InChI is InChI=1S/C24H41F2N3O3/c1-15(24(30)31)12-29-9-8-22-18(13-29)11-27-23(28-22)17-3-5-19(6-4-17)32-14-16-2-7-20(25)21(26)10-16/h15-23,27-28H,2-14H2,1H3,(H,30,31). The van der Waals surface area contributed by atoms with Crippen molar-refractivity contribution in [1.29, 1.82) is 0 Å². The Morgan fingerprint density at radius 3 is 2.59 bits per heavy atom. The van der Waals surface area contributed by atoms with Gasteiger partial charge in [0.1, 0.15) is 12.3 Å². The molecule has 7 unspecified atom stereocenters. The van der Waals surface area contributed by atoms with Gasteiger partial charge in [-0.3, -0.25) is 10.1 Å². The maximum atomic E-state index is 13.6. The molecular formula is C24H41F2N3O3. The van der Waals surface area contributed by atoms with Crippen LogP contribution in [0.1, 0.15) is 58.3 Å². The summed E-state index contributed by atoms with van der Waals surface area (Å²) in [5, 5.41) is 16.8. The number of halogens is 2. The number of carbonyl (C=O) groups is 1. The van der Waals surface area contributed by atoms with Crippen molar-refractivity contribution in [2.45, 2.75) is 88.9 Å². The third-order valence-corrected chi connectivity index (χ3v) is 8.32. The highest BCUT2D eigenvalue weighted by Crippen LogP contribution is 2.33. The van der Waals surface area contributed by atoms with E-state index in [2.05, 4.69) is 15.5 Å². The summed E-state index contributed by atoms with van der Waals surface area (Å²) >= 11 is 0. The summed E-state index contributed by atoms with van der Waals surface area (Å²) in [5.74, 6) is 0.249. The second kappa shape index (κ2) is 11.1. The second-order valence-electron chi connectivity index (χ2n) is 10.8. The number of carboxylic acids is 1. The zero-order valence-electron chi connectivity index (χ0n) is 19.4. The number of alkyl halides is 2. The third kappa shape index (κ3) is 6.19. The normalized spacial score (nSPS) is 42.2. The molecule has 3 N–H and O–H groups in total. The van der Waals surface area contributed by atoms with Gasteiger partial charge in [-0.05, 0) is 75.7 Å². The Balaban J connectivity index is 1.15. The number of fused-ring (bicyclic) bond motifs is 1. The van der Waals surface area contributed by atoms with Crippen LogP contribution in [-0.4, -0.2) is 79.4 Å². The number of nitrogens with one attached hydrogen (secondary N) is 2. The van der Waals surface area contributed by atoms with Crippen LogP contribution in [0.4, 0.5) is 8.78 Å². The van der Waals surface area contributed by atoms with E-state index in [0.29, 0.717) is 50.0 Å². The number of hydrogen-bond donors (Lipinski definition) is 3. The molecule has 2 heterocycles. The Morgan fingerprint density at radius 2 is 1.88 bits per heavy atom. The van der Waals surface area contributed by atoms with E-state index < -0.39 is 18.3 Å². The summed E-state index contributed by atoms with van der Waals surface area (Å²) in [5.41, 5.74) is 0. The molecule has 0 bridgehead atoms. The highest BCUT2D eigenvalue weighted by atomic mass is 19.2. The summed E-state index contributed by atoms with van der Waals surface area (Å²) in [6, 6.07) is 0.505. The Bertz CT molecular complexity index is 619. The lowest BCUT2D eigenvalue weighted by atomic mass is 9.81. The fourth-order valence-electron chi connectivity index (χ4n) is 6.21. The largest absolute Gasteiger partial charge is 0.481 e. The highest BCUT2D eigenvalue weighted by Gasteiger charge is 2.38. The van der Waals surface area contributed by atoms with Crippen LogP contribution in [0.15, 0.2) is 0 Å². The van der Waals surface area contributed by atoms with Crippen LogP contribution in [0, 0.1) is 23.7 Å². The van der Waals surface area contributed by atoms with Gasteiger partial charge in [-0.25, -0.2) is 8.78 Å². The van der Waals surface area contributed by atoms with Crippen LogP contribution in [0.25, 0.3) is 0 Å². The van der Waals surface area contributed by atoms with E-state index in [1.807, 2.05) is 0 Å². The van der Waals surface area contributed by atoms with E-state index in [0.717, 1.165) is 58.2 Å². The Kier molecular flexibility index (Phi) is 8.40. The Morgan fingerprint density at radius 1 is 1.09 bits per heavy atom. The van der Waals surface area contributed by atoms with Crippen molar-refractivity contribution in [2.24, 2.45) is 23.7 Å². The van der Waals surface area contributed by atoms with Crippen molar-refractivity contribution in [2.75, 3.05) is 32.8 Å². The predicted octanol–water partition coefficient (Wildman–Crippen LogP) is 2.97. The van der Waals surface area contributed by atoms with Crippen molar-refractivity contribution in [1.82, 2.24) is 15.5 Å².